The number of hydrogen-bond donors (Lipinski definition) is 5. The Morgan fingerprint density at radius 1 is 0.545 bits per heavy atom. The molecule has 14 nitrogen and oxygen atoms in total. The number of fused-ring (bicyclic) bond motifs is 2. The molecule has 6 aromatic carbocycles. The molecule has 0 unspecified atom stereocenters. The number of aldehydes is 1. The van der Waals surface area contributed by atoms with Gasteiger partial charge in [-0.2, -0.15) is 9.97 Å². The molecule has 8 rings (SSSR count). The standard InChI is InChI=1S/C25H24FN5O2.C25H22FN5O2/c2*1-31(2)25-29-22-13-17(15-32)5-12-21(22)23(30-25)27-14-16-3-10-20(11-4-16)28-24(33)18-6-8-19(26)9-7-18/h3-13,32H,14-15H2,1-2H3,(H,28,33)(H,27,29,30);3-13,15H,14H2,1-2H3,(H,28,33)(H,27,29,30). The van der Waals surface area contributed by atoms with Crippen molar-refractivity contribution < 1.29 is 28.3 Å². The number of carbonyl (C=O) groups is 3. The Hall–Kier alpha value is -8.37. The third kappa shape index (κ3) is 11.6. The molecule has 2 heterocycles. The number of benzene rings is 6. The number of halogens is 2. The van der Waals surface area contributed by atoms with Crippen molar-refractivity contribution in [2.24, 2.45) is 0 Å². The number of carbonyl (C=O) groups excluding carboxylic acids is 3. The summed E-state index contributed by atoms with van der Waals surface area (Å²) in [6.45, 7) is 0.970. The van der Waals surface area contributed by atoms with Crippen LogP contribution in [0.5, 0.6) is 0 Å². The van der Waals surface area contributed by atoms with Crippen LogP contribution in [0.25, 0.3) is 21.8 Å². The highest BCUT2D eigenvalue weighted by atomic mass is 19.1. The molecule has 0 saturated heterocycles. The Morgan fingerprint density at radius 3 is 1.36 bits per heavy atom. The van der Waals surface area contributed by atoms with E-state index in [0.717, 1.165) is 39.3 Å². The molecule has 2 amide bonds. The molecule has 0 aliphatic heterocycles. The van der Waals surface area contributed by atoms with Crippen LogP contribution in [0.4, 0.5) is 43.7 Å². The third-order valence-corrected chi connectivity index (χ3v) is 10.1. The Kier molecular flexibility index (Phi) is 14.4. The number of aromatic nitrogens is 4. The van der Waals surface area contributed by atoms with Crippen LogP contribution in [0.3, 0.4) is 0 Å². The maximum atomic E-state index is 13.0. The van der Waals surface area contributed by atoms with Gasteiger partial charge in [-0.25, -0.2) is 18.7 Å². The summed E-state index contributed by atoms with van der Waals surface area (Å²) in [5.74, 6) is 1.08. The number of aliphatic hydroxyl groups is 1. The van der Waals surface area contributed by atoms with Crippen LogP contribution >= 0.6 is 0 Å². The quantitative estimate of drug-likeness (QED) is 0.0658. The van der Waals surface area contributed by atoms with Gasteiger partial charge in [0.25, 0.3) is 11.8 Å². The van der Waals surface area contributed by atoms with Gasteiger partial charge in [0.2, 0.25) is 11.9 Å². The summed E-state index contributed by atoms with van der Waals surface area (Å²) >= 11 is 0. The van der Waals surface area contributed by atoms with Crippen molar-refractivity contribution in [3.8, 4) is 0 Å². The fourth-order valence-electron chi connectivity index (χ4n) is 6.53. The zero-order valence-corrected chi connectivity index (χ0v) is 36.5. The van der Waals surface area contributed by atoms with Crippen LogP contribution in [0.15, 0.2) is 133 Å². The molecule has 2 aromatic heterocycles. The smallest absolute Gasteiger partial charge is 0.255 e. The van der Waals surface area contributed by atoms with Crippen molar-refractivity contribution in [1.82, 2.24) is 19.9 Å². The molecule has 0 saturated carbocycles. The molecule has 0 spiro atoms. The summed E-state index contributed by atoms with van der Waals surface area (Å²) in [4.78, 5) is 57.7. The van der Waals surface area contributed by atoms with E-state index in [-0.39, 0.29) is 30.1 Å². The van der Waals surface area contributed by atoms with E-state index in [1.165, 1.54) is 48.5 Å². The van der Waals surface area contributed by atoms with E-state index in [9.17, 15) is 28.3 Å². The summed E-state index contributed by atoms with van der Waals surface area (Å²) in [6, 6.07) is 36.5. The molecular formula is C50H46F2N10O4. The highest BCUT2D eigenvalue weighted by Crippen LogP contribution is 2.27. The Balaban J connectivity index is 0.000000196. The molecule has 5 N–H and O–H groups in total. The molecule has 0 fully saturated rings. The van der Waals surface area contributed by atoms with Gasteiger partial charge in [-0.15, -0.1) is 0 Å². The van der Waals surface area contributed by atoms with Gasteiger partial charge in [-0.05, 0) is 114 Å². The van der Waals surface area contributed by atoms with Crippen molar-refractivity contribution in [2.75, 3.05) is 59.3 Å². The van der Waals surface area contributed by atoms with Crippen LogP contribution in [-0.2, 0) is 19.7 Å². The van der Waals surface area contributed by atoms with Gasteiger partial charge >= 0.3 is 0 Å². The van der Waals surface area contributed by atoms with Crippen LogP contribution in [0.2, 0.25) is 0 Å². The van der Waals surface area contributed by atoms with Crippen molar-refractivity contribution in [1.29, 1.82) is 0 Å². The maximum absolute atomic E-state index is 13.0. The average Bonchev–Trinajstić information content (AvgIpc) is 3.33. The lowest BCUT2D eigenvalue weighted by Gasteiger charge is -2.15. The van der Waals surface area contributed by atoms with E-state index >= 15 is 0 Å². The van der Waals surface area contributed by atoms with Crippen LogP contribution in [0.1, 0.15) is 47.8 Å². The molecular weight excluding hydrogens is 843 g/mol. The Bertz CT molecular complexity index is 2990. The molecule has 66 heavy (non-hydrogen) atoms. The van der Waals surface area contributed by atoms with E-state index in [1.54, 1.807) is 29.2 Å². The largest absolute Gasteiger partial charge is 0.392 e. The Morgan fingerprint density at radius 2 is 0.955 bits per heavy atom. The minimum absolute atomic E-state index is 0.0515. The van der Waals surface area contributed by atoms with Crippen LogP contribution in [-0.4, -0.2) is 71.3 Å². The predicted molar refractivity (Wildman–Crippen MR) is 255 cm³/mol. The minimum Gasteiger partial charge on any atom is -0.392 e. The van der Waals surface area contributed by atoms with Crippen LogP contribution < -0.4 is 31.1 Å². The number of nitrogens with zero attached hydrogens (tertiary/aromatic N) is 6. The number of aliphatic hydroxyl groups excluding tert-OH is 1. The average molecular weight is 889 g/mol. The summed E-state index contributed by atoms with van der Waals surface area (Å²) < 4.78 is 26.1. The number of amides is 2. The van der Waals surface area contributed by atoms with Crippen molar-refractivity contribution in [3.63, 3.8) is 0 Å². The molecule has 0 aliphatic carbocycles. The molecule has 334 valence electrons. The van der Waals surface area contributed by atoms with Gasteiger partial charge in [-0.1, -0.05) is 36.4 Å². The molecule has 0 radical (unpaired) electrons. The first-order valence-corrected chi connectivity index (χ1v) is 20.7. The fraction of sp³-hybridized carbons (Fsp3) is 0.140. The van der Waals surface area contributed by atoms with Gasteiger partial charge in [0.15, 0.2) is 0 Å². The van der Waals surface area contributed by atoms with E-state index in [4.69, 9.17) is 0 Å². The molecule has 16 heteroatoms. The highest BCUT2D eigenvalue weighted by molar-refractivity contribution is 6.05. The second kappa shape index (κ2) is 20.9. The lowest BCUT2D eigenvalue weighted by molar-refractivity contribution is 0.101. The summed E-state index contributed by atoms with van der Waals surface area (Å²) in [5.41, 5.74) is 6.80. The van der Waals surface area contributed by atoms with E-state index in [0.29, 0.717) is 70.2 Å². The zero-order chi connectivity index (χ0) is 46.7. The molecule has 0 bridgehead atoms. The zero-order valence-electron chi connectivity index (χ0n) is 36.5. The second-order valence-corrected chi connectivity index (χ2v) is 15.5. The number of nitrogens with one attached hydrogen (secondary N) is 4. The predicted octanol–water partition coefficient (Wildman–Crippen LogP) is 8.70. The SMILES string of the molecule is CN(C)c1nc(NCc2ccc(NC(=O)c3ccc(F)cc3)cc2)c2ccc(C=O)cc2n1.CN(C)c1nc(NCc2ccc(NC(=O)c3ccc(F)cc3)cc2)c2ccc(CO)cc2n1. The first kappa shape index (κ1) is 45.6. The molecule has 8 aromatic rings. The normalized spacial score (nSPS) is 10.7. The number of anilines is 6. The lowest BCUT2D eigenvalue weighted by atomic mass is 10.1. The highest BCUT2D eigenvalue weighted by Gasteiger charge is 2.13. The van der Waals surface area contributed by atoms with Gasteiger partial charge in [0.05, 0.1) is 17.6 Å². The number of rotatable bonds is 14. The first-order valence-electron chi connectivity index (χ1n) is 20.7. The molecule has 0 atom stereocenters. The third-order valence-electron chi connectivity index (χ3n) is 10.1. The van der Waals surface area contributed by atoms with E-state index < -0.39 is 0 Å². The van der Waals surface area contributed by atoms with E-state index in [1.807, 2.05) is 93.8 Å². The maximum Gasteiger partial charge on any atom is 0.255 e. The summed E-state index contributed by atoms with van der Waals surface area (Å²) in [6.07, 6.45) is 0.792. The second-order valence-electron chi connectivity index (χ2n) is 15.5. The first-order chi connectivity index (χ1) is 31.8. The van der Waals surface area contributed by atoms with E-state index in [2.05, 4.69) is 41.2 Å². The van der Waals surface area contributed by atoms with Gasteiger partial charge in [-0.3, -0.25) is 14.4 Å². The van der Waals surface area contributed by atoms with Crippen molar-refractivity contribution in [3.05, 3.63) is 178 Å². The van der Waals surface area contributed by atoms with Crippen LogP contribution in [0, 0.1) is 11.6 Å². The lowest BCUT2D eigenvalue weighted by Crippen LogP contribution is -2.14. The van der Waals surface area contributed by atoms with Gasteiger partial charge in [0.1, 0.15) is 29.6 Å². The van der Waals surface area contributed by atoms with Gasteiger partial charge in [0, 0.05) is 80.1 Å². The fourth-order valence-corrected chi connectivity index (χ4v) is 6.53. The topological polar surface area (TPSA) is 178 Å². The van der Waals surface area contributed by atoms with Gasteiger partial charge < -0.3 is 36.2 Å². The monoisotopic (exact) mass is 888 g/mol. The number of hydrogen-bond acceptors (Lipinski definition) is 12. The summed E-state index contributed by atoms with van der Waals surface area (Å²) in [7, 11) is 7.46. The van der Waals surface area contributed by atoms with Crippen molar-refractivity contribution in [2.45, 2.75) is 19.7 Å². The summed E-state index contributed by atoms with van der Waals surface area (Å²) in [5, 5.41) is 23.4. The molecule has 0 aliphatic rings. The van der Waals surface area contributed by atoms with Crippen molar-refractivity contribution >= 4 is 74.8 Å². The minimum atomic E-state index is -0.387. The Labute approximate surface area is 379 Å².